The minimum Gasteiger partial charge on any atom is -0.325 e. The number of nitrogens with one attached hydrogen (secondary N) is 1. The normalized spacial score (nSPS) is 15.5. The maximum absolute atomic E-state index is 12.9. The lowest BCUT2D eigenvalue weighted by atomic mass is 10.1. The first kappa shape index (κ1) is 17.7. The molecule has 1 aliphatic carbocycles. The minimum atomic E-state index is -4.52. The van der Waals surface area contributed by atoms with Gasteiger partial charge in [-0.15, -0.1) is 5.10 Å². The maximum atomic E-state index is 12.9. The van der Waals surface area contributed by atoms with Gasteiger partial charge in [0.15, 0.2) is 0 Å². The van der Waals surface area contributed by atoms with Crippen LogP contribution in [-0.2, 0) is 11.0 Å². The van der Waals surface area contributed by atoms with Gasteiger partial charge in [0.25, 0.3) is 0 Å². The zero-order valence-corrected chi connectivity index (χ0v) is 14.0. The Hall–Kier alpha value is -2.10. The zero-order chi connectivity index (χ0) is 17.9. The van der Waals surface area contributed by atoms with Gasteiger partial charge in [-0.25, -0.2) is 4.68 Å². The van der Waals surface area contributed by atoms with E-state index in [1.54, 1.807) is 4.68 Å². The summed E-state index contributed by atoms with van der Waals surface area (Å²) in [5.41, 5.74) is -1.12. The molecule has 0 spiro atoms. The quantitative estimate of drug-likeness (QED) is 0.814. The number of para-hydroxylation sites is 1. The number of rotatable bonds is 5. The van der Waals surface area contributed by atoms with E-state index in [4.69, 9.17) is 0 Å². The van der Waals surface area contributed by atoms with Crippen molar-refractivity contribution >= 4 is 23.4 Å². The van der Waals surface area contributed by atoms with Gasteiger partial charge in [-0.1, -0.05) is 36.7 Å². The number of tetrazole rings is 1. The molecule has 1 aliphatic rings. The Kier molecular flexibility index (Phi) is 5.26. The van der Waals surface area contributed by atoms with Crippen molar-refractivity contribution in [1.82, 2.24) is 20.2 Å². The maximum Gasteiger partial charge on any atom is 0.418 e. The van der Waals surface area contributed by atoms with Crippen LogP contribution < -0.4 is 5.32 Å². The number of halogens is 3. The molecule has 10 heteroatoms. The molecule has 2 aromatic rings. The zero-order valence-electron chi connectivity index (χ0n) is 13.2. The van der Waals surface area contributed by atoms with Crippen molar-refractivity contribution in [2.75, 3.05) is 11.1 Å². The molecule has 1 saturated carbocycles. The lowest BCUT2D eigenvalue weighted by Gasteiger charge is -2.13. The molecule has 0 radical (unpaired) electrons. The van der Waals surface area contributed by atoms with Crippen LogP contribution in [0.5, 0.6) is 0 Å². The number of hydrogen-bond donors (Lipinski definition) is 1. The number of thioether (sulfide) groups is 1. The van der Waals surface area contributed by atoms with Crippen LogP contribution in [0.3, 0.4) is 0 Å². The number of carbonyl (C=O) groups is 1. The fraction of sp³-hybridized carbons (Fsp3) is 0.467. The first-order valence-corrected chi connectivity index (χ1v) is 8.80. The highest BCUT2D eigenvalue weighted by Gasteiger charge is 2.33. The van der Waals surface area contributed by atoms with E-state index in [9.17, 15) is 18.0 Å². The fourth-order valence-electron chi connectivity index (χ4n) is 2.81. The van der Waals surface area contributed by atoms with Gasteiger partial charge in [0.2, 0.25) is 11.1 Å². The van der Waals surface area contributed by atoms with Crippen LogP contribution in [0, 0.1) is 0 Å². The standard InChI is InChI=1S/C15H16F3N5OS/c16-15(17,18)11-7-3-4-8-12(11)19-13(24)9-25-14-20-21-22-23(14)10-5-1-2-6-10/h3-4,7-8,10H,1-2,5-6,9H2,(H,19,24). The topological polar surface area (TPSA) is 72.7 Å². The third kappa shape index (κ3) is 4.30. The van der Waals surface area contributed by atoms with Gasteiger partial charge in [0.05, 0.1) is 23.0 Å². The molecule has 0 bridgehead atoms. The van der Waals surface area contributed by atoms with Crippen molar-refractivity contribution in [3.05, 3.63) is 29.8 Å². The Balaban J connectivity index is 1.62. The Bertz CT molecular complexity index is 743. The van der Waals surface area contributed by atoms with Crippen LogP contribution in [0.2, 0.25) is 0 Å². The highest BCUT2D eigenvalue weighted by atomic mass is 32.2. The number of carbonyl (C=O) groups excluding carboxylic acids is 1. The van der Waals surface area contributed by atoms with Gasteiger partial charge in [0.1, 0.15) is 0 Å². The highest BCUT2D eigenvalue weighted by molar-refractivity contribution is 7.99. The van der Waals surface area contributed by atoms with E-state index in [0.717, 1.165) is 43.5 Å². The molecule has 1 heterocycles. The SMILES string of the molecule is O=C(CSc1nnnn1C1CCCC1)Nc1ccccc1C(F)(F)F. The summed E-state index contributed by atoms with van der Waals surface area (Å²) in [6, 6.07) is 5.12. The second kappa shape index (κ2) is 7.42. The van der Waals surface area contributed by atoms with Crippen molar-refractivity contribution in [2.45, 2.75) is 43.1 Å². The number of benzene rings is 1. The number of anilines is 1. The lowest BCUT2D eigenvalue weighted by Crippen LogP contribution is -2.18. The van der Waals surface area contributed by atoms with Crippen LogP contribution in [0.1, 0.15) is 37.3 Å². The van der Waals surface area contributed by atoms with Crippen molar-refractivity contribution < 1.29 is 18.0 Å². The second-order valence-corrected chi connectivity index (χ2v) is 6.67. The predicted octanol–water partition coefficient (Wildman–Crippen LogP) is 3.54. The summed E-state index contributed by atoms with van der Waals surface area (Å²) in [7, 11) is 0. The van der Waals surface area contributed by atoms with Crippen LogP contribution in [0.25, 0.3) is 0 Å². The van der Waals surface area contributed by atoms with Crippen molar-refractivity contribution in [3.63, 3.8) is 0 Å². The van der Waals surface area contributed by atoms with E-state index < -0.39 is 17.6 Å². The van der Waals surface area contributed by atoms with Crippen LogP contribution in [0.4, 0.5) is 18.9 Å². The molecule has 1 N–H and O–H groups in total. The minimum absolute atomic E-state index is 0.0702. The summed E-state index contributed by atoms with van der Waals surface area (Å²) in [4.78, 5) is 12.0. The predicted molar refractivity (Wildman–Crippen MR) is 86.1 cm³/mol. The number of hydrogen-bond acceptors (Lipinski definition) is 5. The molecule has 0 unspecified atom stereocenters. The first-order valence-electron chi connectivity index (χ1n) is 7.82. The molecule has 0 atom stereocenters. The van der Waals surface area contributed by atoms with E-state index in [0.29, 0.717) is 5.16 Å². The third-order valence-electron chi connectivity index (χ3n) is 3.97. The summed E-state index contributed by atoms with van der Waals surface area (Å²) in [6.07, 6.45) is -0.316. The van der Waals surface area contributed by atoms with E-state index in [1.807, 2.05) is 0 Å². The third-order valence-corrected chi connectivity index (χ3v) is 4.91. The average Bonchev–Trinajstić information content (AvgIpc) is 3.23. The summed E-state index contributed by atoms with van der Waals surface area (Å²) >= 11 is 1.11. The van der Waals surface area contributed by atoms with Gasteiger partial charge < -0.3 is 5.32 Å². The van der Waals surface area contributed by atoms with Gasteiger partial charge >= 0.3 is 6.18 Å². The molecule has 1 fully saturated rings. The Morgan fingerprint density at radius 2 is 2.00 bits per heavy atom. The summed E-state index contributed by atoms with van der Waals surface area (Å²) in [5.74, 6) is -0.609. The Labute approximate surface area is 146 Å². The van der Waals surface area contributed by atoms with Crippen molar-refractivity contribution in [2.24, 2.45) is 0 Å². The van der Waals surface area contributed by atoms with Crippen molar-refractivity contribution in [3.8, 4) is 0 Å². The highest BCUT2D eigenvalue weighted by Crippen LogP contribution is 2.35. The van der Waals surface area contributed by atoms with E-state index in [2.05, 4.69) is 20.8 Å². The van der Waals surface area contributed by atoms with Gasteiger partial charge in [-0.3, -0.25) is 4.79 Å². The van der Waals surface area contributed by atoms with Gasteiger partial charge in [-0.2, -0.15) is 13.2 Å². The van der Waals surface area contributed by atoms with Crippen LogP contribution in [0.15, 0.2) is 29.4 Å². The summed E-state index contributed by atoms with van der Waals surface area (Å²) in [5, 5.41) is 14.3. The summed E-state index contributed by atoms with van der Waals surface area (Å²) < 4.78 is 40.5. The monoisotopic (exact) mass is 371 g/mol. The Morgan fingerprint density at radius 1 is 1.28 bits per heavy atom. The van der Waals surface area contributed by atoms with E-state index >= 15 is 0 Å². The number of alkyl halides is 3. The average molecular weight is 371 g/mol. The number of aromatic nitrogens is 4. The largest absolute Gasteiger partial charge is 0.418 e. The molecule has 6 nitrogen and oxygen atoms in total. The van der Waals surface area contributed by atoms with Crippen LogP contribution >= 0.6 is 11.8 Å². The van der Waals surface area contributed by atoms with Gasteiger partial charge in [0, 0.05) is 0 Å². The summed E-state index contributed by atoms with van der Waals surface area (Å²) in [6.45, 7) is 0. The Morgan fingerprint density at radius 3 is 2.72 bits per heavy atom. The molecular weight excluding hydrogens is 355 g/mol. The molecule has 3 rings (SSSR count). The molecule has 134 valence electrons. The fourth-order valence-corrected chi connectivity index (χ4v) is 3.56. The second-order valence-electron chi connectivity index (χ2n) is 5.72. The molecule has 1 amide bonds. The molecule has 0 saturated heterocycles. The molecule has 0 aliphatic heterocycles. The van der Waals surface area contributed by atoms with Crippen molar-refractivity contribution in [1.29, 1.82) is 0 Å². The molecule has 1 aromatic carbocycles. The molecular formula is C15H16F3N5OS. The molecule has 25 heavy (non-hydrogen) atoms. The smallest absolute Gasteiger partial charge is 0.325 e. The van der Waals surface area contributed by atoms with E-state index in [-0.39, 0.29) is 17.5 Å². The molecule has 1 aromatic heterocycles. The lowest BCUT2D eigenvalue weighted by molar-refractivity contribution is -0.137. The number of nitrogens with zero attached hydrogens (tertiary/aromatic N) is 4. The van der Waals surface area contributed by atoms with Gasteiger partial charge in [-0.05, 0) is 35.4 Å². The van der Waals surface area contributed by atoms with Crippen LogP contribution in [-0.4, -0.2) is 31.9 Å². The number of amides is 1. The first-order chi connectivity index (χ1) is 11.9. The van der Waals surface area contributed by atoms with E-state index in [1.165, 1.54) is 18.2 Å².